The molecule has 8 heteroatoms. The number of rotatable bonds is 7. The Hall–Kier alpha value is -2.24. The second kappa shape index (κ2) is 9.62. The number of nitrogens with one attached hydrogen (secondary N) is 1. The van der Waals surface area contributed by atoms with Gasteiger partial charge in [0, 0.05) is 18.8 Å². The summed E-state index contributed by atoms with van der Waals surface area (Å²) in [7, 11) is 0. The zero-order valence-electron chi connectivity index (χ0n) is 16.0. The number of carbonyl (C=O) groups is 1. The minimum Gasteiger partial charge on any atom is -0.467 e. The molecular weight excluding hydrogens is 380 g/mol. The van der Waals surface area contributed by atoms with Crippen molar-refractivity contribution in [2.75, 3.05) is 24.2 Å². The molecule has 144 valence electrons. The van der Waals surface area contributed by atoms with Gasteiger partial charge in [-0.3, -0.25) is 4.79 Å². The number of hydrogen-bond donors (Lipinski definition) is 1. The molecule has 0 spiro atoms. The molecule has 2 heterocycles. The average Bonchev–Trinajstić information content (AvgIpc) is 3.24. The van der Waals surface area contributed by atoms with Gasteiger partial charge in [-0.25, -0.2) is 0 Å². The third-order valence-corrected chi connectivity index (χ3v) is 5.96. The van der Waals surface area contributed by atoms with Gasteiger partial charge < -0.3 is 19.2 Å². The minimum atomic E-state index is -0.191. The number of anilines is 1. The molecule has 27 heavy (non-hydrogen) atoms. The standard InChI is InChI=1S/C19H24N4O2S2/c1-5-22(6-2)19(26)27-12-17(24)21-18-16(10-20)13(3)14(4)23(18)11-15-8-7-9-25-15/h7-9H,5-6,11-12H2,1-4H3,(H,21,24). The smallest absolute Gasteiger partial charge is 0.235 e. The molecule has 0 atom stereocenters. The number of hydrogen-bond acceptors (Lipinski definition) is 5. The number of nitrogens with zero attached hydrogens (tertiary/aromatic N) is 3. The van der Waals surface area contributed by atoms with Crippen LogP contribution in [0.1, 0.15) is 36.4 Å². The van der Waals surface area contributed by atoms with E-state index in [0.29, 0.717) is 22.2 Å². The predicted molar refractivity (Wildman–Crippen MR) is 113 cm³/mol. The van der Waals surface area contributed by atoms with E-state index in [-0.39, 0.29) is 11.7 Å². The Morgan fingerprint density at radius 3 is 2.67 bits per heavy atom. The maximum atomic E-state index is 12.5. The SMILES string of the molecule is CCN(CC)C(=S)SCC(=O)Nc1c(C#N)c(C)c(C)n1Cc1ccco1. The molecule has 1 amide bonds. The molecule has 0 aliphatic heterocycles. The second-order valence-corrected chi connectivity index (χ2v) is 7.60. The Kier molecular flexibility index (Phi) is 7.51. The normalized spacial score (nSPS) is 10.5. The van der Waals surface area contributed by atoms with Gasteiger partial charge >= 0.3 is 0 Å². The quantitative estimate of drug-likeness (QED) is 0.705. The van der Waals surface area contributed by atoms with Gasteiger partial charge in [-0.15, -0.1) is 0 Å². The maximum absolute atomic E-state index is 12.5. The van der Waals surface area contributed by atoms with Crippen molar-refractivity contribution in [1.29, 1.82) is 5.26 Å². The highest BCUT2D eigenvalue weighted by atomic mass is 32.2. The summed E-state index contributed by atoms with van der Waals surface area (Å²) in [5.41, 5.74) is 2.25. The lowest BCUT2D eigenvalue weighted by Crippen LogP contribution is -2.28. The first-order chi connectivity index (χ1) is 12.9. The Balaban J connectivity index is 2.17. The number of aromatic nitrogens is 1. The van der Waals surface area contributed by atoms with Crippen LogP contribution < -0.4 is 5.32 Å². The number of thioether (sulfide) groups is 1. The van der Waals surface area contributed by atoms with Crippen LogP contribution in [-0.2, 0) is 11.3 Å². The lowest BCUT2D eigenvalue weighted by molar-refractivity contribution is -0.113. The average molecular weight is 405 g/mol. The molecule has 2 aromatic rings. The number of nitriles is 1. The molecule has 0 radical (unpaired) electrons. The molecule has 0 aliphatic carbocycles. The number of amides is 1. The van der Waals surface area contributed by atoms with E-state index in [1.54, 1.807) is 6.26 Å². The van der Waals surface area contributed by atoms with Gasteiger partial charge in [0.2, 0.25) is 5.91 Å². The summed E-state index contributed by atoms with van der Waals surface area (Å²) >= 11 is 6.70. The molecule has 1 N–H and O–H groups in total. The van der Waals surface area contributed by atoms with Gasteiger partial charge in [-0.1, -0.05) is 24.0 Å². The molecule has 0 aromatic carbocycles. The molecule has 0 saturated heterocycles. The van der Waals surface area contributed by atoms with Gasteiger partial charge in [0.15, 0.2) is 0 Å². The Morgan fingerprint density at radius 1 is 1.41 bits per heavy atom. The van der Waals surface area contributed by atoms with Crippen LogP contribution in [0, 0.1) is 25.2 Å². The zero-order valence-corrected chi connectivity index (χ0v) is 17.7. The van der Waals surface area contributed by atoms with Crippen LogP contribution in [0.5, 0.6) is 0 Å². The van der Waals surface area contributed by atoms with E-state index in [1.165, 1.54) is 11.8 Å². The molecule has 0 fully saturated rings. The van der Waals surface area contributed by atoms with Crippen LogP contribution >= 0.6 is 24.0 Å². The van der Waals surface area contributed by atoms with E-state index in [9.17, 15) is 10.1 Å². The van der Waals surface area contributed by atoms with Crippen LogP contribution in [0.4, 0.5) is 5.82 Å². The van der Waals surface area contributed by atoms with Crippen LogP contribution in [0.25, 0.3) is 0 Å². The molecule has 6 nitrogen and oxygen atoms in total. The van der Waals surface area contributed by atoms with Gasteiger partial charge in [0.25, 0.3) is 0 Å². The van der Waals surface area contributed by atoms with Crippen molar-refractivity contribution < 1.29 is 9.21 Å². The fraction of sp³-hybridized carbons (Fsp3) is 0.421. The summed E-state index contributed by atoms with van der Waals surface area (Å²) in [6, 6.07) is 5.89. The van der Waals surface area contributed by atoms with Gasteiger partial charge in [-0.05, 0) is 45.4 Å². The monoisotopic (exact) mass is 404 g/mol. The fourth-order valence-electron chi connectivity index (χ4n) is 2.75. The molecule has 0 unspecified atom stereocenters. The van der Waals surface area contributed by atoms with Gasteiger partial charge in [0.1, 0.15) is 22.0 Å². The van der Waals surface area contributed by atoms with E-state index in [0.717, 1.165) is 30.1 Å². The largest absolute Gasteiger partial charge is 0.467 e. The summed E-state index contributed by atoms with van der Waals surface area (Å²) in [6.07, 6.45) is 1.61. The lowest BCUT2D eigenvalue weighted by atomic mass is 10.2. The first kappa shape index (κ1) is 21.1. The van der Waals surface area contributed by atoms with Crippen LogP contribution in [0.15, 0.2) is 22.8 Å². The Morgan fingerprint density at radius 2 is 2.11 bits per heavy atom. The van der Waals surface area contributed by atoms with Crippen molar-refractivity contribution in [3.8, 4) is 6.07 Å². The summed E-state index contributed by atoms with van der Waals surface area (Å²) in [4.78, 5) is 14.5. The number of thiocarbonyl (C=S) groups is 1. The number of carbonyl (C=O) groups excluding carboxylic acids is 1. The summed E-state index contributed by atoms with van der Waals surface area (Å²) in [5, 5.41) is 12.5. The van der Waals surface area contributed by atoms with E-state index < -0.39 is 0 Å². The van der Waals surface area contributed by atoms with E-state index in [2.05, 4.69) is 11.4 Å². The van der Waals surface area contributed by atoms with Crippen molar-refractivity contribution >= 4 is 40.0 Å². The van der Waals surface area contributed by atoms with Gasteiger partial charge in [0.05, 0.1) is 24.1 Å². The Bertz CT molecular complexity index is 846. The van der Waals surface area contributed by atoms with Crippen molar-refractivity contribution in [3.05, 3.63) is 41.0 Å². The molecule has 2 rings (SSSR count). The van der Waals surface area contributed by atoms with Gasteiger partial charge in [-0.2, -0.15) is 5.26 Å². The highest BCUT2D eigenvalue weighted by Gasteiger charge is 2.20. The topological polar surface area (TPSA) is 74.2 Å². The molecule has 0 bridgehead atoms. The highest BCUT2D eigenvalue weighted by Crippen LogP contribution is 2.27. The molecule has 0 aliphatic rings. The molecule has 2 aromatic heterocycles. The molecular formula is C19H24N4O2S2. The van der Waals surface area contributed by atoms with Crippen LogP contribution in [0.3, 0.4) is 0 Å². The van der Waals surface area contributed by atoms with Crippen molar-refractivity contribution in [2.24, 2.45) is 0 Å². The summed E-state index contributed by atoms with van der Waals surface area (Å²) in [6.45, 7) is 9.94. The van der Waals surface area contributed by atoms with E-state index in [1.807, 2.05) is 49.3 Å². The zero-order chi connectivity index (χ0) is 20.0. The third-order valence-electron chi connectivity index (χ3n) is 4.44. The minimum absolute atomic E-state index is 0.191. The predicted octanol–water partition coefficient (Wildman–Crippen LogP) is 3.92. The fourth-order valence-corrected chi connectivity index (χ4v) is 3.96. The molecule has 0 saturated carbocycles. The van der Waals surface area contributed by atoms with E-state index >= 15 is 0 Å². The third kappa shape index (κ3) is 4.93. The van der Waals surface area contributed by atoms with Crippen molar-refractivity contribution in [3.63, 3.8) is 0 Å². The first-order valence-electron chi connectivity index (χ1n) is 8.76. The van der Waals surface area contributed by atoms with Crippen molar-refractivity contribution in [2.45, 2.75) is 34.2 Å². The van der Waals surface area contributed by atoms with Crippen LogP contribution in [-0.4, -0.2) is 38.5 Å². The number of furan rings is 1. The summed E-state index contributed by atoms with van der Waals surface area (Å²) < 4.78 is 8.03. The summed E-state index contributed by atoms with van der Waals surface area (Å²) in [5.74, 6) is 1.27. The highest BCUT2D eigenvalue weighted by molar-refractivity contribution is 8.23. The second-order valence-electron chi connectivity index (χ2n) is 5.99. The Labute approximate surface area is 169 Å². The van der Waals surface area contributed by atoms with Crippen LogP contribution in [0.2, 0.25) is 0 Å². The van der Waals surface area contributed by atoms with E-state index in [4.69, 9.17) is 16.6 Å². The first-order valence-corrected chi connectivity index (χ1v) is 10.2. The lowest BCUT2D eigenvalue weighted by Gasteiger charge is -2.20. The van der Waals surface area contributed by atoms with Crippen molar-refractivity contribution in [1.82, 2.24) is 9.47 Å². The maximum Gasteiger partial charge on any atom is 0.235 e.